The molecule has 13 heavy (non-hydrogen) atoms. The predicted molar refractivity (Wildman–Crippen MR) is 63.7 cm³/mol. The van der Waals surface area contributed by atoms with Crippen molar-refractivity contribution in [2.24, 2.45) is 0 Å². The van der Waals surface area contributed by atoms with Gasteiger partial charge in [0.05, 0.1) is 14.8 Å². The molecule has 0 unspecified atom stereocenters. The van der Waals surface area contributed by atoms with E-state index >= 15 is 0 Å². The molecule has 1 aromatic carbocycles. The zero-order valence-electron chi connectivity index (χ0n) is 6.54. The van der Waals surface area contributed by atoms with Gasteiger partial charge in [-0.05, 0) is 45.5 Å². The summed E-state index contributed by atoms with van der Waals surface area (Å²) in [5.41, 5.74) is 6.96. The van der Waals surface area contributed by atoms with Gasteiger partial charge in [0.1, 0.15) is 6.07 Å². The van der Waals surface area contributed by atoms with Gasteiger partial charge in [-0.2, -0.15) is 5.26 Å². The van der Waals surface area contributed by atoms with Crippen molar-refractivity contribution in [1.29, 1.82) is 5.26 Å². The van der Waals surface area contributed by atoms with Crippen LogP contribution in [0.15, 0.2) is 17.5 Å². The number of fused-ring (bicyclic) bond motifs is 1. The second-order valence-electron chi connectivity index (χ2n) is 2.60. The van der Waals surface area contributed by atoms with Crippen molar-refractivity contribution < 1.29 is 0 Å². The van der Waals surface area contributed by atoms with E-state index in [9.17, 15) is 0 Å². The summed E-state index contributed by atoms with van der Waals surface area (Å²) in [4.78, 5) is 0. The van der Waals surface area contributed by atoms with Gasteiger partial charge >= 0.3 is 0 Å². The van der Waals surface area contributed by atoms with E-state index in [4.69, 9.17) is 11.0 Å². The van der Waals surface area contributed by atoms with Gasteiger partial charge in [0.25, 0.3) is 0 Å². The Bertz CT molecular complexity index is 510. The largest absolute Gasteiger partial charge is 0.397 e. The molecule has 0 saturated heterocycles. The Kier molecular flexibility index (Phi) is 2.14. The van der Waals surface area contributed by atoms with Crippen molar-refractivity contribution in [2.45, 2.75) is 0 Å². The van der Waals surface area contributed by atoms with Crippen LogP contribution in [0.1, 0.15) is 5.56 Å². The normalized spacial score (nSPS) is 10.2. The van der Waals surface area contributed by atoms with Crippen LogP contribution in [0.5, 0.6) is 0 Å². The summed E-state index contributed by atoms with van der Waals surface area (Å²) in [6, 6.07) is 5.93. The van der Waals surface area contributed by atoms with Gasteiger partial charge in [0.2, 0.25) is 0 Å². The number of nitrogens with two attached hydrogens (primary N) is 1. The minimum atomic E-state index is 0.565. The van der Waals surface area contributed by atoms with E-state index in [0.717, 1.165) is 13.7 Å². The molecule has 64 valence electrons. The van der Waals surface area contributed by atoms with Crippen LogP contribution in [0.4, 0.5) is 5.69 Å². The maximum Gasteiger partial charge on any atom is 0.101 e. The van der Waals surface area contributed by atoms with Gasteiger partial charge in [-0.25, -0.2) is 0 Å². The minimum Gasteiger partial charge on any atom is -0.397 e. The van der Waals surface area contributed by atoms with Crippen molar-refractivity contribution in [1.82, 2.24) is 0 Å². The first kappa shape index (κ1) is 8.78. The zero-order chi connectivity index (χ0) is 9.42. The molecule has 0 aliphatic rings. The highest BCUT2D eigenvalue weighted by Crippen LogP contribution is 2.32. The first-order valence-electron chi connectivity index (χ1n) is 3.59. The lowest BCUT2D eigenvalue weighted by Crippen LogP contribution is -1.93. The predicted octanol–water partition coefficient (Wildman–Crippen LogP) is 2.96. The summed E-state index contributed by atoms with van der Waals surface area (Å²) in [5, 5.41) is 11.9. The Hall–Kier alpha value is -0.800. The molecule has 0 radical (unpaired) electrons. The minimum absolute atomic E-state index is 0.565. The molecular weight excluding hydrogens is 295 g/mol. The Labute approximate surface area is 93.1 Å². The Morgan fingerprint density at radius 3 is 3.00 bits per heavy atom. The number of nitriles is 1. The average molecular weight is 300 g/mol. The van der Waals surface area contributed by atoms with E-state index < -0.39 is 0 Å². The maximum atomic E-state index is 8.81. The lowest BCUT2D eigenvalue weighted by molar-refractivity contribution is 1.49. The first-order chi connectivity index (χ1) is 6.24. The van der Waals surface area contributed by atoms with E-state index in [-0.39, 0.29) is 0 Å². The van der Waals surface area contributed by atoms with Gasteiger partial charge in [0, 0.05) is 4.70 Å². The summed E-state index contributed by atoms with van der Waals surface area (Å²) < 4.78 is 2.15. The number of hydrogen-bond donors (Lipinski definition) is 1. The summed E-state index contributed by atoms with van der Waals surface area (Å²) in [6.07, 6.45) is 0. The van der Waals surface area contributed by atoms with Crippen LogP contribution in [-0.2, 0) is 0 Å². The van der Waals surface area contributed by atoms with Crippen molar-refractivity contribution in [3.05, 3.63) is 26.6 Å². The third kappa shape index (κ3) is 1.28. The maximum absolute atomic E-state index is 8.81. The lowest BCUT2D eigenvalue weighted by Gasteiger charge is -2.01. The SMILES string of the molecule is N#Cc1cc2ccsc2c(I)c1N. The van der Waals surface area contributed by atoms with E-state index in [0.29, 0.717) is 11.3 Å². The molecule has 0 fully saturated rings. The van der Waals surface area contributed by atoms with Crippen molar-refractivity contribution in [3.8, 4) is 6.07 Å². The van der Waals surface area contributed by atoms with Crippen molar-refractivity contribution in [3.63, 3.8) is 0 Å². The van der Waals surface area contributed by atoms with Gasteiger partial charge in [-0.1, -0.05) is 0 Å². The fourth-order valence-electron chi connectivity index (χ4n) is 1.18. The number of rotatable bonds is 0. The quantitative estimate of drug-likeness (QED) is 0.600. The molecule has 1 aromatic heterocycles. The Morgan fingerprint density at radius 2 is 2.31 bits per heavy atom. The van der Waals surface area contributed by atoms with Crippen LogP contribution < -0.4 is 5.73 Å². The number of thiophene rings is 1. The molecule has 2 aromatic rings. The molecular formula is C9H5IN2S. The molecule has 0 amide bonds. The number of halogens is 1. The highest BCUT2D eigenvalue weighted by Gasteiger charge is 2.08. The standard InChI is InChI=1S/C9H5IN2S/c10-7-8(12)6(4-11)3-5-1-2-13-9(5)7/h1-3H,12H2. The molecule has 0 aliphatic heterocycles. The second kappa shape index (κ2) is 3.16. The van der Waals surface area contributed by atoms with E-state index in [2.05, 4.69) is 28.7 Å². The summed E-state index contributed by atoms with van der Waals surface area (Å²) in [6.45, 7) is 0. The highest BCUT2D eigenvalue weighted by molar-refractivity contribution is 14.1. The number of nitrogen functional groups attached to an aromatic ring is 1. The number of benzene rings is 1. The fraction of sp³-hybridized carbons (Fsp3) is 0. The summed E-state index contributed by atoms with van der Waals surface area (Å²) >= 11 is 3.83. The fourth-order valence-corrected chi connectivity index (χ4v) is 2.99. The van der Waals surface area contributed by atoms with Crippen LogP contribution >= 0.6 is 33.9 Å². The molecule has 1 heterocycles. The molecule has 0 spiro atoms. The van der Waals surface area contributed by atoms with E-state index in [1.165, 1.54) is 0 Å². The smallest absolute Gasteiger partial charge is 0.101 e. The number of nitrogens with zero attached hydrogens (tertiary/aromatic N) is 1. The summed E-state index contributed by atoms with van der Waals surface area (Å²) in [7, 11) is 0. The third-order valence-corrected chi connectivity index (χ3v) is 4.28. The second-order valence-corrected chi connectivity index (χ2v) is 4.60. The Morgan fingerprint density at radius 1 is 1.54 bits per heavy atom. The van der Waals surface area contributed by atoms with Crippen LogP contribution in [-0.4, -0.2) is 0 Å². The van der Waals surface area contributed by atoms with Crippen molar-refractivity contribution >= 4 is 49.7 Å². The third-order valence-electron chi connectivity index (χ3n) is 1.84. The van der Waals surface area contributed by atoms with Crippen molar-refractivity contribution in [2.75, 3.05) is 5.73 Å². The zero-order valence-corrected chi connectivity index (χ0v) is 9.52. The molecule has 2 nitrogen and oxygen atoms in total. The lowest BCUT2D eigenvalue weighted by atomic mass is 10.1. The van der Waals surface area contributed by atoms with Gasteiger partial charge in [-0.15, -0.1) is 11.3 Å². The van der Waals surface area contributed by atoms with Gasteiger partial charge < -0.3 is 5.73 Å². The highest BCUT2D eigenvalue weighted by atomic mass is 127. The van der Waals surface area contributed by atoms with Crippen LogP contribution in [0.2, 0.25) is 0 Å². The molecule has 2 rings (SSSR count). The molecule has 2 N–H and O–H groups in total. The van der Waals surface area contributed by atoms with E-state index in [1.54, 1.807) is 11.3 Å². The number of hydrogen-bond acceptors (Lipinski definition) is 3. The van der Waals surface area contributed by atoms with Crippen LogP contribution in [0, 0.1) is 14.9 Å². The van der Waals surface area contributed by atoms with Gasteiger partial charge in [-0.3, -0.25) is 0 Å². The average Bonchev–Trinajstić information content (AvgIpc) is 2.59. The molecule has 0 saturated carbocycles. The molecule has 0 atom stereocenters. The molecule has 4 heteroatoms. The Balaban J connectivity index is 2.94. The van der Waals surface area contributed by atoms with Crippen LogP contribution in [0.3, 0.4) is 0 Å². The monoisotopic (exact) mass is 300 g/mol. The van der Waals surface area contributed by atoms with Gasteiger partial charge in [0.15, 0.2) is 0 Å². The first-order valence-corrected chi connectivity index (χ1v) is 5.55. The molecule has 0 bridgehead atoms. The topological polar surface area (TPSA) is 49.8 Å². The van der Waals surface area contributed by atoms with E-state index in [1.807, 2.05) is 17.5 Å². The summed E-state index contributed by atoms with van der Waals surface area (Å²) in [5.74, 6) is 0. The molecule has 0 aliphatic carbocycles. The number of anilines is 1. The van der Waals surface area contributed by atoms with Crippen LogP contribution in [0.25, 0.3) is 10.1 Å².